The molecule has 0 aliphatic rings. The second-order valence-electron chi connectivity index (χ2n) is 5.07. The number of unbranched alkanes of at least 4 members (excludes halogenated alkanes) is 1. The van der Waals surface area contributed by atoms with Gasteiger partial charge in [-0.3, -0.25) is 4.79 Å². The van der Waals surface area contributed by atoms with Gasteiger partial charge in [0.25, 0.3) is 5.91 Å². The summed E-state index contributed by atoms with van der Waals surface area (Å²) < 4.78 is 5.50. The van der Waals surface area contributed by atoms with Gasteiger partial charge in [-0.25, -0.2) is 0 Å². The summed E-state index contributed by atoms with van der Waals surface area (Å²) in [5.41, 5.74) is 6.71. The number of hydrogen-bond donors (Lipinski definition) is 1. The molecule has 0 heterocycles. The van der Waals surface area contributed by atoms with Gasteiger partial charge in [0.2, 0.25) is 0 Å². The van der Waals surface area contributed by atoms with Crippen molar-refractivity contribution in [3.05, 3.63) is 29.8 Å². The molecule has 0 spiro atoms. The summed E-state index contributed by atoms with van der Waals surface area (Å²) in [5, 5.41) is 0. The SMILES string of the molecule is CCCCc1ccc(OCC(=O)N(C)CCC(N)=S)cc1. The molecule has 0 atom stereocenters. The monoisotopic (exact) mass is 308 g/mol. The number of nitrogens with zero attached hydrogens (tertiary/aromatic N) is 1. The lowest BCUT2D eigenvalue weighted by molar-refractivity contribution is -0.131. The average Bonchev–Trinajstić information content (AvgIpc) is 2.49. The summed E-state index contributed by atoms with van der Waals surface area (Å²) in [5.74, 6) is 0.632. The van der Waals surface area contributed by atoms with Crippen molar-refractivity contribution in [3.63, 3.8) is 0 Å². The zero-order chi connectivity index (χ0) is 15.7. The van der Waals surface area contributed by atoms with Crippen molar-refractivity contribution in [2.24, 2.45) is 5.73 Å². The second-order valence-corrected chi connectivity index (χ2v) is 5.59. The Morgan fingerprint density at radius 3 is 2.57 bits per heavy atom. The van der Waals surface area contributed by atoms with E-state index in [1.165, 1.54) is 18.4 Å². The Bertz CT molecular complexity index is 460. The molecule has 1 amide bonds. The van der Waals surface area contributed by atoms with Gasteiger partial charge in [-0.15, -0.1) is 0 Å². The van der Waals surface area contributed by atoms with Gasteiger partial charge in [-0.2, -0.15) is 0 Å². The van der Waals surface area contributed by atoms with Crippen molar-refractivity contribution in [2.75, 3.05) is 20.2 Å². The molecule has 0 unspecified atom stereocenters. The van der Waals surface area contributed by atoms with Crippen molar-refractivity contribution in [1.29, 1.82) is 0 Å². The summed E-state index contributed by atoms with van der Waals surface area (Å²) in [4.78, 5) is 13.8. The predicted octanol–water partition coefficient (Wildman–Crippen LogP) is 2.54. The fourth-order valence-corrected chi connectivity index (χ4v) is 1.88. The van der Waals surface area contributed by atoms with E-state index in [1.54, 1.807) is 11.9 Å². The molecule has 1 rings (SSSR count). The van der Waals surface area contributed by atoms with E-state index in [2.05, 4.69) is 6.92 Å². The smallest absolute Gasteiger partial charge is 0.260 e. The van der Waals surface area contributed by atoms with Crippen molar-refractivity contribution < 1.29 is 9.53 Å². The number of carbonyl (C=O) groups is 1. The molecule has 1 aromatic carbocycles. The molecule has 21 heavy (non-hydrogen) atoms. The van der Waals surface area contributed by atoms with Gasteiger partial charge in [0.05, 0.1) is 4.99 Å². The molecular formula is C16H24N2O2S. The highest BCUT2D eigenvalue weighted by Crippen LogP contribution is 2.14. The minimum atomic E-state index is -0.0821. The van der Waals surface area contributed by atoms with E-state index in [9.17, 15) is 4.79 Å². The standard InChI is InChI=1S/C16H24N2O2S/c1-3-4-5-13-6-8-14(9-7-13)20-12-16(19)18(2)11-10-15(17)21/h6-9H,3-5,10-12H2,1-2H3,(H2,17,21). The van der Waals surface area contributed by atoms with Crippen LogP contribution in [0, 0.1) is 0 Å². The van der Waals surface area contributed by atoms with E-state index in [0.29, 0.717) is 23.7 Å². The summed E-state index contributed by atoms with van der Waals surface area (Å²) in [6, 6.07) is 7.92. The van der Waals surface area contributed by atoms with Gasteiger partial charge < -0.3 is 15.4 Å². The van der Waals surface area contributed by atoms with E-state index >= 15 is 0 Å². The van der Waals surface area contributed by atoms with Crippen LogP contribution in [0.5, 0.6) is 5.75 Å². The van der Waals surface area contributed by atoms with Crippen LogP contribution in [0.4, 0.5) is 0 Å². The first-order valence-corrected chi connectivity index (χ1v) is 7.67. The van der Waals surface area contributed by atoms with E-state index in [4.69, 9.17) is 22.7 Å². The summed E-state index contributed by atoms with van der Waals surface area (Å²) >= 11 is 4.79. The summed E-state index contributed by atoms with van der Waals surface area (Å²) in [6.45, 7) is 2.73. The molecule has 0 bridgehead atoms. The van der Waals surface area contributed by atoms with Gasteiger partial charge in [-0.1, -0.05) is 37.7 Å². The van der Waals surface area contributed by atoms with E-state index in [1.807, 2.05) is 24.3 Å². The fraction of sp³-hybridized carbons (Fsp3) is 0.500. The number of benzene rings is 1. The fourth-order valence-electron chi connectivity index (χ4n) is 1.79. The van der Waals surface area contributed by atoms with Gasteiger partial charge >= 0.3 is 0 Å². The maximum atomic E-state index is 11.9. The largest absolute Gasteiger partial charge is 0.484 e. The first-order chi connectivity index (χ1) is 10.0. The van der Waals surface area contributed by atoms with Crippen LogP contribution in [0.1, 0.15) is 31.7 Å². The third-order valence-electron chi connectivity index (χ3n) is 3.22. The third kappa shape index (κ3) is 7.09. The minimum absolute atomic E-state index is 0.0299. The van der Waals surface area contributed by atoms with Crippen molar-refractivity contribution in [1.82, 2.24) is 4.90 Å². The molecule has 2 N–H and O–H groups in total. The van der Waals surface area contributed by atoms with Crippen LogP contribution in [0.3, 0.4) is 0 Å². The van der Waals surface area contributed by atoms with Gasteiger partial charge in [0.15, 0.2) is 6.61 Å². The number of nitrogens with two attached hydrogens (primary N) is 1. The molecule has 0 saturated carbocycles. The number of aryl methyl sites for hydroxylation is 1. The number of hydrogen-bond acceptors (Lipinski definition) is 3. The molecule has 0 radical (unpaired) electrons. The Morgan fingerprint density at radius 1 is 1.33 bits per heavy atom. The van der Waals surface area contributed by atoms with Crippen LogP contribution in [0.15, 0.2) is 24.3 Å². The Hall–Kier alpha value is -1.62. The maximum absolute atomic E-state index is 11.9. The van der Waals surface area contributed by atoms with Crippen molar-refractivity contribution in [3.8, 4) is 5.75 Å². The lowest BCUT2D eigenvalue weighted by Crippen LogP contribution is -2.33. The third-order valence-corrected chi connectivity index (χ3v) is 3.43. The average molecular weight is 308 g/mol. The number of amides is 1. The van der Waals surface area contributed by atoms with E-state index in [-0.39, 0.29) is 12.5 Å². The lowest BCUT2D eigenvalue weighted by Gasteiger charge is -2.17. The summed E-state index contributed by atoms with van der Waals surface area (Å²) in [7, 11) is 1.72. The predicted molar refractivity (Wildman–Crippen MR) is 89.6 cm³/mol. The number of thiocarbonyl (C=S) groups is 1. The molecule has 4 nitrogen and oxygen atoms in total. The highest BCUT2D eigenvalue weighted by Gasteiger charge is 2.09. The Labute approximate surface area is 132 Å². The number of carbonyl (C=O) groups excluding carboxylic acids is 1. The van der Waals surface area contributed by atoms with Gasteiger partial charge in [-0.05, 0) is 30.5 Å². The van der Waals surface area contributed by atoms with Crippen molar-refractivity contribution >= 4 is 23.1 Å². The molecule has 0 fully saturated rings. The normalized spacial score (nSPS) is 10.2. The Balaban J connectivity index is 2.36. The Morgan fingerprint density at radius 2 is 2.00 bits per heavy atom. The van der Waals surface area contributed by atoms with Crippen LogP contribution in [0.25, 0.3) is 0 Å². The Kier molecular flexibility index (Phi) is 7.75. The first kappa shape index (κ1) is 17.4. The van der Waals surface area contributed by atoms with E-state index in [0.717, 1.165) is 6.42 Å². The zero-order valence-corrected chi connectivity index (χ0v) is 13.6. The van der Waals surface area contributed by atoms with Gasteiger partial charge in [0, 0.05) is 20.0 Å². The molecule has 5 heteroatoms. The minimum Gasteiger partial charge on any atom is -0.484 e. The lowest BCUT2D eigenvalue weighted by atomic mass is 10.1. The van der Waals surface area contributed by atoms with Crippen LogP contribution in [-0.2, 0) is 11.2 Å². The number of rotatable bonds is 9. The highest BCUT2D eigenvalue weighted by atomic mass is 32.1. The molecule has 1 aromatic rings. The number of likely N-dealkylation sites (N-methyl/N-ethyl adjacent to an activating group) is 1. The van der Waals surface area contributed by atoms with E-state index < -0.39 is 0 Å². The highest BCUT2D eigenvalue weighted by molar-refractivity contribution is 7.80. The summed E-state index contributed by atoms with van der Waals surface area (Å²) in [6.07, 6.45) is 3.99. The molecular weight excluding hydrogens is 284 g/mol. The maximum Gasteiger partial charge on any atom is 0.260 e. The molecule has 0 aromatic heterocycles. The molecule has 0 aliphatic carbocycles. The quantitative estimate of drug-likeness (QED) is 0.712. The number of ether oxygens (including phenoxy) is 1. The van der Waals surface area contributed by atoms with Crippen LogP contribution in [0.2, 0.25) is 0 Å². The topological polar surface area (TPSA) is 55.6 Å². The van der Waals surface area contributed by atoms with Crippen LogP contribution >= 0.6 is 12.2 Å². The molecule has 0 saturated heterocycles. The second kappa shape index (κ2) is 9.34. The van der Waals surface area contributed by atoms with Gasteiger partial charge in [0.1, 0.15) is 5.75 Å². The van der Waals surface area contributed by atoms with Crippen LogP contribution < -0.4 is 10.5 Å². The first-order valence-electron chi connectivity index (χ1n) is 7.27. The zero-order valence-electron chi connectivity index (χ0n) is 12.8. The van der Waals surface area contributed by atoms with Crippen LogP contribution in [-0.4, -0.2) is 36.0 Å². The molecule has 116 valence electrons. The molecule has 0 aliphatic heterocycles. The van der Waals surface area contributed by atoms with Crippen molar-refractivity contribution in [2.45, 2.75) is 32.6 Å².